The number of carbonyl (C=O) groups excluding carboxylic acids is 1. The molecule has 1 atom stereocenters. The summed E-state index contributed by atoms with van der Waals surface area (Å²) < 4.78 is 11.2. The number of likely N-dealkylation sites (tertiary alicyclic amines) is 1. The predicted molar refractivity (Wildman–Crippen MR) is 84.0 cm³/mol. The number of rotatable bonds is 2. The molecule has 2 aliphatic rings. The molecule has 4 rings (SSSR count). The maximum atomic E-state index is 12.9. The first kappa shape index (κ1) is 14.1. The minimum atomic E-state index is 0.00650. The predicted octanol–water partition coefficient (Wildman–Crippen LogP) is 2.12. The van der Waals surface area contributed by atoms with Crippen molar-refractivity contribution >= 4 is 5.91 Å². The number of ether oxygens (including phenoxy) is 2. The molecule has 0 aliphatic carbocycles. The largest absolute Gasteiger partial charge is 0.486 e. The van der Waals surface area contributed by atoms with Crippen LogP contribution in [0.25, 0.3) is 0 Å². The fourth-order valence-corrected chi connectivity index (χ4v) is 3.36. The van der Waals surface area contributed by atoms with Crippen LogP contribution >= 0.6 is 0 Å². The number of benzene rings is 1. The Labute approximate surface area is 134 Å². The molecule has 1 saturated heterocycles. The number of nitrogens with one attached hydrogen (secondary N) is 1. The Morgan fingerprint density at radius 3 is 3.04 bits per heavy atom. The maximum Gasteiger partial charge on any atom is 0.257 e. The number of hydrogen-bond acceptors (Lipinski definition) is 4. The Morgan fingerprint density at radius 1 is 1.35 bits per heavy atom. The molecule has 1 fully saturated rings. The lowest BCUT2D eigenvalue weighted by Gasteiger charge is -2.23. The van der Waals surface area contributed by atoms with E-state index in [-0.39, 0.29) is 5.91 Å². The topological polar surface area (TPSA) is 67.5 Å². The highest BCUT2D eigenvalue weighted by Crippen LogP contribution is 2.36. The second kappa shape index (κ2) is 5.61. The highest BCUT2D eigenvalue weighted by Gasteiger charge is 2.32. The van der Waals surface area contributed by atoms with E-state index in [0.717, 1.165) is 24.2 Å². The van der Waals surface area contributed by atoms with E-state index in [1.807, 2.05) is 36.2 Å². The lowest BCUT2D eigenvalue weighted by Crippen LogP contribution is -2.30. The van der Waals surface area contributed by atoms with Gasteiger partial charge in [0.2, 0.25) is 0 Å². The average Bonchev–Trinajstić information content (AvgIpc) is 3.22. The summed E-state index contributed by atoms with van der Waals surface area (Å²) in [5.74, 6) is 1.55. The molecule has 0 bridgehead atoms. The zero-order valence-electron chi connectivity index (χ0n) is 13.0. The van der Waals surface area contributed by atoms with Crippen LogP contribution in [0.3, 0.4) is 0 Å². The number of aromatic amines is 1. The summed E-state index contributed by atoms with van der Waals surface area (Å²) in [5.41, 5.74) is 2.87. The zero-order chi connectivity index (χ0) is 15.8. The molecule has 120 valence electrons. The molecule has 6 nitrogen and oxygen atoms in total. The fourth-order valence-electron chi connectivity index (χ4n) is 3.36. The SMILES string of the molecule is Cc1cn[nH]c1[C@H]1CCN(C(=O)c2cccc3c2OCCO3)C1. The van der Waals surface area contributed by atoms with Gasteiger partial charge >= 0.3 is 0 Å². The number of para-hydroxylation sites is 1. The smallest absolute Gasteiger partial charge is 0.257 e. The van der Waals surface area contributed by atoms with Crippen LogP contribution in [0.1, 0.15) is 34.0 Å². The van der Waals surface area contributed by atoms with Gasteiger partial charge in [0.1, 0.15) is 13.2 Å². The standard InChI is InChI=1S/C17H19N3O3/c1-11-9-18-19-15(11)12-5-6-20(10-12)17(21)13-3-2-4-14-16(13)23-8-7-22-14/h2-4,9,12H,5-8,10H2,1H3,(H,18,19)/t12-/m0/s1. The highest BCUT2D eigenvalue weighted by molar-refractivity contribution is 5.98. The van der Waals surface area contributed by atoms with Gasteiger partial charge in [-0.2, -0.15) is 5.10 Å². The fraction of sp³-hybridized carbons (Fsp3) is 0.412. The molecule has 1 aromatic heterocycles. The molecule has 6 heteroatoms. The average molecular weight is 313 g/mol. The molecule has 23 heavy (non-hydrogen) atoms. The van der Waals surface area contributed by atoms with E-state index >= 15 is 0 Å². The molecule has 1 amide bonds. The first-order valence-electron chi connectivity index (χ1n) is 7.92. The van der Waals surface area contributed by atoms with E-state index in [1.54, 1.807) is 0 Å². The summed E-state index contributed by atoms with van der Waals surface area (Å²) in [6.45, 7) is 4.49. The number of nitrogens with zero attached hydrogens (tertiary/aromatic N) is 2. The first-order valence-corrected chi connectivity index (χ1v) is 7.92. The van der Waals surface area contributed by atoms with Crippen LogP contribution in [0.5, 0.6) is 11.5 Å². The Balaban J connectivity index is 1.56. The number of H-pyrrole nitrogens is 1. The van der Waals surface area contributed by atoms with E-state index in [1.165, 1.54) is 0 Å². The molecule has 2 aliphatic heterocycles. The van der Waals surface area contributed by atoms with E-state index in [0.29, 0.717) is 42.7 Å². The van der Waals surface area contributed by atoms with Crippen molar-refractivity contribution in [1.82, 2.24) is 15.1 Å². The molecule has 1 N–H and O–H groups in total. The van der Waals surface area contributed by atoms with Gasteiger partial charge in [0.25, 0.3) is 5.91 Å². The molecule has 0 unspecified atom stereocenters. The van der Waals surface area contributed by atoms with E-state index in [2.05, 4.69) is 10.2 Å². The van der Waals surface area contributed by atoms with E-state index in [9.17, 15) is 4.79 Å². The third kappa shape index (κ3) is 2.44. The molecule has 0 spiro atoms. The van der Waals surface area contributed by atoms with Crippen LogP contribution in [-0.2, 0) is 0 Å². The number of hydrogen-bond donors (Lipinski definition) is 1. The van der Waals surface area contributed by atoms with Crippen LogP contribution < -0.4 is 9.47 Å². The second-order valence-electron chi connectivity index (χ2n) is 6.03. The lowest BCUT2D eigenvalue weighted by atomic mass is 10.0. The third-order valence-electron chi connectivity index (χ3n) is 4.55. The van der Waals surface area contributed by atoms with Crippen LogP contribution in [0.4, 0.5) is 0 Å². The minimum absolute atomic E-state index is 0.00650. The minimum Gasteiger partial charge on any atom is -0.486 e. The van der Waals surface area contributed by atoms with Crippen molar-refractivity contribution in [1.29, 1.82) is 0 Å². The molecule has 1 aromatic carbocycles. The normalized spacial score (nSPS) is 19.9. The van der Waals surface area contributed by atoms with Crippen molar-refractivity contribution in [3.05, 3.63) is 41.2 Å². The monoisotopic (exact) mass is 313 g/mol. The van der Waals surface area contributed by atoms with Crippen molar-refractivity contribution in [3.8, 4) is 11.5 Å². The highest BCUT2D eigenvalue weighted by atomic mass is 16.6. The summed E-state index contributed by atoms with van der Waals surface area (Å²) in [6, 6.07) is 5.49. The van der Waals surface area contributed by atoms with Gasteiger partial charge in [-0.05, 0) is 31.0 Å². The summed E-state index contributed by atoms with van der Waals surface area (Å²) in [4.78, 5) is 14.8. The van der Waals surface area contributed by atoms with Gasteiger partial charge in [-0.15, -0.1) is 0 Å². The van der Waals surface area contributed by atoms with Gasteiger partial charge < -0.3 is 14.4 Å². The number of aromatic nitrogens is 2. The molecule has 3 heterocycles. The van der Waals surface area contributed by atoms with Crippen molar-refractivity contribution in [3.63, 3.8) is 0 Å². The van der Waals surface area contributed by atoms with Crippen molar-refractivity contribution in [2.45, 2.75) is 19.3 Å². The van der Waals surface area contributed by atoms with E-state index in [4.69, 9.17) is 9.47 Å². The molecule has 0 saturated carbocycles. The third-order valence-corrected chi connectivity index (χ3v) is 4.55. The van der Waals surface area contributed by atoms with Crippen LogP contribution in [0.15, 0.2) is 24.4 Å². The van der Waals surface area contributed by atoms with E-state index < -0.39 is 0 Å². The van der Waals surface area contributed by atoms with Crippen molar-refractivity contribution in [2.24, 2.45) is 0 Å². The molecule has 0 radical (unpaired) electrons. The zero-order valence-corrected chi connectivity index (χ0v) is 13.0. The molecule has 2 aromatic rings. The number of fused-ring (bicyclic) bond motifs is 1. The number of carbonyl (C=O) groups is 1. The number of aryl methyl sites for hydroxylation is 1. The van der Waals surface area contributed by atoms with Gasteiger partial charge in [0.05, 0.1) is 11.8 Å². The van der Waals surface area contributed by atoms with Gasteiger partial charge in [-0.3, -0.25) is 9.89 Å². The van der Waals surface area contributed by atoms with Gasteiger partial charge in [-0.1, -0.05) is 6.07 Å². The van der Waals surface area contributed by atoms with Gasteiger partial charge in [0.15, 0.2) is 11.5 Å². The summed E-state index contributed by atoms with van der Waals surface area (Å²) >= 11 is 0. The molecular weight excluding hydrogens is 294 g/mol. The van der Waals surface area contributed by atoms with Crippen LogP contribution in [-0.4, -0.2) is 47.3 Å². The Bertz CT molecular complexity index is 740. The number of amides is 1. The summed E-state index contributed by atoms with van der Waals surface area (Å²) in [7, 11) is 0. The molecular formula is C17H19N3O3. The quantitative estimate of drug-likeness (QED) is 0.922. The van der Waals surface area contributed by atoms with Crippen molar-refractivity contribution in [2.75, 3.05) is 26.3 Å². The summed E-state index contributed by atoms with van der Waals surface area (Å²) in [6.07, 6.45) is 2.78. The van der Waals surface area contributed by atoms with Crippen LogP contribution in [0, 0.1) is 6.92 Å². The second-order valence-corrected chi connectivity index (χ2v) is 6.03. The van der Waals surface area contributed by atoms with Gasteiger partial charge in [0, 0.05) is 24.7 Å². The van der Waals surface area contributed by atoms with Gasteiger partial charge in [-0.25, -0.2) is 0 Å². The lowest BCUT2D eigenvalue weighted by molar-refractivity contribution is 0.0780. The Kier molecular flexibility index (Phi) is 3.44. The Hall–Kier alpha value is -2.50. The first-order chi connectivity index (χ1) is 11.2. The van der Waals surface area contributed by atoms with Crippen LogP contribution in [0.2, 0.25) is 0 Å². The maximum absolute atomic E-state index is 12.9. The van der Waals surface area contributed by atoms with Crippen molar-refractivity contribution < 1.29 is 14.3 Å². The Morgan fingerprint density at radius 2 is 2.22 bits per heavy atom. The summed E-state index contributed by atoms with van der Waals surface area (Å²) in [5, 5.41) is 7.15.